The maximum absolute atomic E-state index is 6.57. The Labute approximate surface area is 215 Å². The van der Waals surface area contributed by atoms with E-state index in [0.29, 0.717) is 42.7 Å². The molecule has 0 radical (unpaired) electrons. The second-order valence-electron chi connectivity index (χ2n) is 8.55. The van der Waals surface area contributed by atoms with Crippen LogP contribution in [0.25, 0.3) is 0 Å². The summed E-state index contributed by atoms with van der Waals surface area (Å²) in [5.41, 5.74) is 2.97. The zero-order chi connectivity index (χ0) is 26.1. The van der Waals surface area contributed by atoms with Gasteiger partial charge in [-0.1, -0.05) is 19.1 Å². The largest absolute Gasteiger partial charge is 0.493 e. The van der Waals surface area contributed by atoms with E-state index in [9.17, 15) is 0 Å². The third-order valence-corrected chi connectivity index (χ3v) is 6.22. The van der Waals surface area contributed by atoms with Gasteiger partial charge >= 0.3 is 0 Å². The first-order valence-corrected chi connectivity index (χ1v) is 12.3. The number of hydrogen-bond donors (Lipinski definition) is 0. The third-order valence-electron chi connectivity index (χ3n) is 6.22. The normalized spacial score (nSPS) is 16.8. The molecule has 0 aliphatic carbocycles. The first kappa shape index (κ1) is 27.3. The summed E-state index contributed by atoms with van der Waals surface area (Å²) in [6.07, 6.45) is 6.16. The van der Waals surface area contributed by atoms with Gasteiger partial charge in [0.1, 0.15) is 0 Å². The summed E-state index contributed by atoms with van der Waals surface area (Å²) in [4.78, 5) is 2.17. The molecule has 0 saturated carbocycles. The van der Waals surface area contributed by atoms with Crippen molar-refractivity contribution in [3.63, 3.8) is 0 Å². The molecule has 3 rings (SSSR count). The van der Waals surface area contributed by atoms with Crippen molar-refractivity contribution in [1.29, 1.82) is 0 Å². The molecule has 2 aromatic carbocycles. The first-order chi connectivity index (χ1) is 17.5. The lowest BCUT2D eigenvalue weighted by atomic mass is 10.0. The topological polar surface area (TPSA) is 58.6 Å². The van der Waals surface area contributed by atoms with Gasteiger partial charge in [0.2, 0.25) is 5.75 Å². The van der Waals surface area contributed by atoms with Crippen LogP contribution >= 0.6 is 0 Å². The van der Waals surface area contributed by atoms with Crippen molar-refractivity contribution < 1.29 is 28.4 Å². The van der Waals surface area contributed by atoms with Gasteiger partial charge in [-0.15, -0.1) is 13.2 Å². The summed E-state index contributed by atoms with van der Waals surface area (Å²) in [5.74, 6) is 3.22. The fourth-order valence-corrected chi connectivity index (χ4v) is 4.53. The highest BCUT2D eigenvalue weighted by Crippen LogP contribution is 2.48. The number of ether oxygens (including phenoxy) is 6. The number of hydrogen-bond acceptors (Lipinski definition) is 7. The molecule has 0 bridgehead atoms. The van der Waals surface area contributed by atoms with Crippen molar-refractivity contribution in [3.05, 3.63) is 60.7 Å². The molecule has 2 aromatic rings. The molecule has 7 nitrogen and oxygen atoms in total. The molecule has 0 amide bonds. The number of methoxy groups -OCH3 is 4. The molecule has 1 fully saturated rings. The molecular weight excluding hydrogens is 458 g/mol. The van der Waals surface area contributed by atoms with E-state index in [0.717, 1.165) is 41.8 Å². The van der Waals surface area contributed by atoms with Crippen molar-refractivity contribution in [2.75, 3.05) is 53.0 Å². The predicted molar refractivity (Wildman–Crippen MR) is 143 cm³/mol. The van der Waals surface area contributed by atoms with Gasteiger partial charge in [0.25, 0.3) is 0 Å². The van der Waals surface area contributed by atoms with E-state index in [1.165, 1.54) is 0 Å². The minimum absolute atomic E-state index is 0.101. The lowest BCUT2D eigenvalue weighted by Crippen LogP contribution is -2.24. The number of anilines is 1. The van der Waals surface area contributed by atoms with E-state index in [2.05, 4.69) is 31.0 Å². The Morgan fingerprint density at radius 3 is 1.75 bits per heavy atom. The van der Waals surface area contributed by atoms with E-state index >= 15 is 0 Å². The third kappa shape index (κ3) is 5.90. The molecule has 2 atom stereocenters. The Morgan fingerprint density at radius 1 is 0.806 bits per heavy atom. The molecule has 1 saturated heterocycles. The number of nitrogens with zero attached hydrogens (tertiary/aromatic N) is 1. The lowest BCUT2D eigenvalue weighted by Gasteiger charge is -2.27. The Bertz CT molecular complexity index is 1000. The van der Waals surface area contributed by atoms with Crippen molar-refractivity contribution in [2.45, 2.75) is 38.4 Å². The Morgan fingerprint density at radius 2 is 1.31 bits per heavy atom. The smallest absolute Gasteiger partial charge is 0.203 e. The summed E-state index contributed by atoms with van der Waals surface area (Å²) < 4.78 is 35.1. The molecule has 0 unspecified atom stereocenters. The van der Waals surface area contributed by atoms with Crippen LogP contribution in [-0.2, 0) is 4.74 Å². The van der Waals surface area contributed by atoms with Crippen LogP contribution in [0.4, 0.5) is 5.69 Å². The van der Waals surface area contributed by atoms with Gasteiger partial charge in [-0.2, -0.15) is 0 Å². The van der Waals surface area contributed by atoms with E-state index in [-0.39, 0.29) is 12.2 Å². The quantitative estimate of drug-likeness (QED) is 0.285. The molecule has 7 heteroatoms. The summed E-state index contributed by atoms with van der Waals surface area (Å²) in [6.45, 7) is 11.8. The van der Waals surface area contributed by atoms with Gasteiger partial charge in [-0.25, -0.2) is 0 Å². The molecular formula is C29H39NO6. The first-order valence-electron chi connectivity index (χ1n) is 12.3. The lowest BCUT2D eigenvalue weighted by molar-refractivity contribution is 0.0437. The van der Waals surface area contributed by atoms with Crippen molar-refractivity contribution in [2.24, 2.45) is 0 Å². The molecule has 196 valence electrons. The highest BCUT2D eigenvalue weighted by molar-refractivity contribution is 5.67. The second-order valence-corrected chi connectivity index (χ2v) is 8.55. The summed E-state index contributed by atoms with van der Waals surface area (Å²) in [6, 6.07) is 8.08. The highest BCUT2D eigenvalue weighted by atomic mass is 16.5. The maximum atomic E-state index is 6.57. The van der Waals surface area contributed by atoms with Crippen LogP contribution in [0.3, 0.4) is 0 Å². The molecule has 1 aliphatic rings. The maximum Gasteiger partial charge on any atom is 0.203 e. The van der Waals surface area contributed by atoms with Gasteiger partial charge < -0.3 is 33.3 Å². The molecule has 0 spiro atoms. The van der Waals surface area contributed by atoms with Crippen molar-refractivity contribution in [1.82, 2.24) is 0 Å². The summed E-state index contributed by atoms with van der Waals surface area (Å²) >= 11 is 0. The molecule has 0 aromatic heterocycles. The van der Waals surface area contributed by atoms with E-state index < -0.39 is 0 Å². The van der Waals surface area contributed by atoms with Crippen LogP contribution in [0.2, 0.25) is 0 Å². The fourth-order valence-electron chi connectivity index (χ4n) is 4.53. The van der Waals surface area contributed by atoms with E-state index in [4.69, 9.17) is 28.4 Å². The van der Waals surface area contributed by atoms with Gasteiger partial charge in [0.05, 0.1) is 52.9 Å². The average molecular weight is 498 g/mol. The Balaban J connectivity index is 1.97. The molecule has 1 heterocycles. The van der Waals surface area contributed by atoms with Crippen LogP contribution in [0.1, 0.15) is 49.5 Å². The van der Waals surface area contributed by atoms with Crippen LogP contribution in [-0.4, -0.2) is 48.1 Å². The fraction of sp³-hybridized carbons (Fsp3) is 0.448. The van der Waals surface area contributed by atoms with Crippen LogP contribution in [0, 0.1) is 0 Å². The van der Waals surface area contributed by atoms with E-state index in [1.807, 2.05) is 30.4 Å². The Hall–Kier alpha value is -3.32. The minimum Gasteiger partial charge on any atom is -0.493 e. The Kier molecular flexibility index (Phi) is 9.94. The molecule has 1 aliphatic heterocycles. The van der Waals surface area contributed by atoms with Crippen LogP contribution in [0.5, 0.6) is 28.7 Å². The van der Waals surface area contributed by atoms with Gasteiger partial charge in [0, 0.05) is 13.1 Å². The van der Waals surface area contributed by atoms with Gasteiger partial charge in [-0.3, -0.25) is 0 Å². The van der Waals surface area contributed by atoms with Crippen molar-refractivity contribution in [3.8, 4) is 28.7 Å². The zero-order valence-corrected chi connectivity index (χ0v) is 22.2. The monoisotopic (exact) mass is 497 g/mol. The van der Waals surface area contributed by atoms with Crippen LogP contribution in [0.15, 0.2) is 49.6 Å². The highest BCUT2D eigenvalue weighted by Gasteiger charge is 2.31. The number of rotatable bonds is 14. The number of benzene rings is 2. The van der Waals surface area contributed by atoms with Crippen molar-refractivity contribution >= 4 is 5.69 Å². The van der Waals surface area contributed by atoms with Gasteiger partial charge in [0.15, 0.2) is 23.0 Å². The van der Waals surface area contributed by atoms with Crippen LogP contribution < -0.4 is 28.6 Å². The second kappa shape index (κ2) is 13.1. The van der Waals surface area contributed by atoms with Gasteiger partial charge in [-0.05, 0) is 54.7 Å². The predicted octanol–water partition coefficient (Wildman–Crippen LogP) is 6.28. The SMILES string of the molecule is C=CCN(CC=C)c1cc([C@@H]2CC[C@@H](c3cc(OC)c(OC)c(OC)c3)O2)cc(OC)c1OCCC. The standard InChI is InChI=1S/C29H39NO6/c1-8-13-30(14-9-2)22-16-20(17-25(31-4)28(22)35-15-10-3)23-11-12-24(36-23)21-18-26(32-5)29(34-7)27(19-21)33-6/h8-9,16-19,23-24H,1-2,10-15H2,3-7H3/t23-,24-/m0/s1. The average Bonchev–Trinajstić information content (AvgIpc) is 3.41. The summed E-state index contributed by atoms with van der Waals surface area (Å²) in [7, 11) is 6.51. The molecule has 0 N–H and O–H groups in total. The minimum atomic E-state index is -0.105. The summed E-state index contributed by atoms with van der Waals surface area (Å²) in [5, 5.41) is 0. The molecule has 36 heavy (non-hydrogen) atoms. The van der Waals surface area contributed by atoms with E-state index in [1.54, 1.807) is 28.4 Å². The zero-order valence-electron chi connectivity index (χ0n) is 22.2.